The van der Waals surface area contributed by atoms with Gasteiger partial charge in [-0.25, -0.2) is 9.59 Å². The number of carbonyl (C=O) groups is 2. The number of hydrogen-bond acceptors (Lipinski definition) is 5. The molecule has 1 aliphatic heterocycles. The Labute approximate surface area is 123 Å². The van der Waals surface area contributed by atoms with Crippen LogP contribution in [0, 0.1) is 11.3 Å². The summed E-state index contributed by atoms with van der Waals surface area (Å²) in [6.45, 7) is 11.1. The van der Waals surface area contributed by atoms with E-state index in [9.17, 15) is 14.7 Å². The summed E-state index contributed by atoms with van der Waals surface area (Å²) in [6.07, 6.45) is 2.12. The molecule has 1 fully saturated rings. The summed E-state index contributed by atoms with van der Waals surface area (Å²) >= 11 is 0. The number of ether oxygens (including phenoxy) is 2. The van der Waals surface area contributed by atoms with E-state index in [2.05, 4.69) is 13.2 Å². The maximum Gasteiger partial charge on any atom is 0.336 e. The number of rotatable bonds is 3. The molecule has 0 unspecified atom stereocenters. The predicted molar refractivity (Wildman–Crippen MR) is 75.9 cm³/mol. The van der Waals surface area contributed by atoms with Crippen molar-refractivity contribution in [2.75, 3.05) is 7.11 Å². The number of aliphatic hydroxyl groups is 1. The van der Waals surface area contributed by atoms with Gasteiger partial charge in [0.25, 0.3) is 0 Å². The van der Waals surface area contributed by atoms with Crippen molar-refractivity contribution in [2.24, 2.45) is 11.3 Å². The summed E-state index contributed by atoms with van der Waals surface area (Å²) in [5, 5.41) is 10.6. The van der Waals surface area contributed by atoms with Gasteiger partial charge in [0.2, 0.25) is 5.79 Å². The Hall–Kier alpha value is -1.88. The molecule has 1 aliphatic carbocycles. The summed E-state index contributed by atoms with van der Waals surface area (Å²) < 4.78 is 9.86. The molecule has 2 rings (SSSR count). The smallest absolute Gasteiger partial charge is 0.336 e. The van der Waals surface area contributed by atoms with Gasteiger partial charge in [0.15, 0.2) is 0 Å². The molecule has 0 amide bonds. The maximum atomic E-state index is 11.8. The molecule has 0 aromatic rings. The number of methoxy groups -OCH3 is 1. The molecule has 0 saturated heterocycles. The van der Waals surface area contributed by atoms with Crippen LogP contribution in [0.15, 0.2) is 36.0 Å². The molecule has 0 aromatic heterocycles. The molecular formula is C16H20O5. The average Bonchev–Trinajstić information content (AvgIpc) is 2.65. The number of allylic oxidation sites excluding steroid dienone is 1. The number of esters is 2. The lowest BCUT2D eigenvalue weighted by Gasteiger charge is -2.45. The van der Waals surface area contributed by atoms with Gasteiger partial charge in [0.05, 0.1) is 7.11 Å². The van der Waals surface area contributed by atoms with Gasteiger partial charge in [-0.15, -0.1) is 6.58 Å². The van der Waals surface area contributed by atoms with Gasteiger partial charge in [-0.3, -0.25) is 0 Å². The lowest BCUT2D eigenvalue weighted by Crippen LogP contribution is -2.47. The van der Waals surface area contributed by atoms with Crippen LogP contribution in [0.4, 0.5) is 0 Å². The van der Waals surface area contributed by atoms with Crippen molar-refractivity contribution in [2.45, 2.75) is 32.5 Å². The molecule has 1 heterocycles. The van der Waals surface area contributed by atoms with Crippen LogP contribution in [0.3, 0.4) is 0 Å². The molecule has 0 radical (unpaired) electrons. The van der Waals surface area contributed by atoms with E-state index in [1.165, 1.54) is 7.11 Å². The second-order valence-corrected chi connectivity index (χ2v) is 5.94. The number of carbonyl (C=O) groups excluding carboxylic acids is 2. The standard InChI is InChI=1S/C16H20O5/c1-6-15(4)8-16(19)12(10(3)14(18)21-16)7-11(15)9(2)13(17)20-5/h6,11,19H,1-2,7-8H2,3-5H3/t11-,15-,16+/m1/s1. The summed E-state index contributed by atoms with van der Waals surface area (Å²) in [7, 11) is 1.30. The van der Waals surface area contributed by atoms with Crippen LogP contribution in [0.25, 0.3) is 0 Å². The molecule has 114 valence electrons. The number of fused-ring (bicyclic) bond motifs is 1. The lowest BCUT2D eigenvalue weighted by atomic mass is 9.61. The highest BCUT2D eigenvalue weighted by atomic mass is 16.7. The van der Waals surface area contributed by atoms with Crippen molar-refractivity contribution < 1.29 is 24.2 Å². The summed E-state index contributed by atoms with van der Waals surface area (Å²) in [4.78, 5) is 23.5. The molecular weight excluding hydrogens is 272 g/mol. The van der Waals surface area contributed by atoms with Gasteiger partial charge in [-0.1, -0.05) is 19.6 Å². The highest BCUT2D eigenvalue weighted by Crippen LogP contribution is 2.54. The molecule has 0 bridgehead atoms. The quantitative estimate of drug-likeness (QED) is 0.488. The molecule has 2 aliphatic rings. The van der Waals surface area contributed by atoms with Crippen LogP contribution in [0.1, 0.15) is 26.7 Å². The van der Waals surface area contributed by atoms with Crippen LogP contribution < -0.4 is 0 Å². The first-order chi connectivity index (χ1) is 9.68. The second kappa shape index (κ2) is 4.84. The fourth-order valence-electron chi connectivity index (χ4n) is 3.25. The fraction of sp³-hybridized carbons (Fsp3) is 0.500. The molecule has 3 atom stereocenters. The van der Waals surface area contributed by atoms with Crippen LogP contribution in [-0.2, 0) is 19.1 Å². The van der Waals surface area contributed by atoms with Gasteiger partial charge >= 0.3 is 11.9 Å². The number of hydrogen-bond donors (Lipinski definition) is 1. The van der Waals surface area contributed by atoms with Gasteiger partial charge in [0, 0.05) is 29.1 Å². The third-order valence-electron chi connectivity index (χ3n) is 4.65. The van der Waals surface area contributed by atoms with Crippen LogP contribution in [0.2, 0.25) is 0 Å². The van der Waals surface area contributed by atoms with Crippen molar-refractivity contribution >= 4 is 11.9 Å². The first-order valence-corrected chi connectivity index (χ1v) is 6.75. The summed E-state index contributed by atoms with van der Waals surface area (Å²) in [5.74, 6) is -2.94. The van der Waals surface area contributed by atoms with Crippen molar-refractivity contribution in [3.8, 4) is 0 Å². The van der Waals surface area contributed by atoms with Crippen LogP contribution in [0.5, 0.6) is 0 Å². The third-order valence-corrected chi connectivity index (χ3v) is 4.65. The van der Waals surface area contributed by atoms with E-state index >= 15 is 0 Å². The first kappa shape index (κ1) is 15.5. The van der Waals surface area contributed by atoms with Gasteiger partial charge in [-0.2, -0.15) is 0 Å². The van der Waals surface area contributed by atoms with E-state index in [-0.39, 0.29) is 12.3 Å². The topological polar surface area (TPSA) is 72.8 Å². The van der Waals surface area contributed by atoms with Crippen molar-refractivity contribution in [1.82, 2.24) is 0 Å². The Morgan fingerprint density at radius 1 is 1.57 bits per heavy atom. The average molecular weight is 292 g/mol. The zero-order valence-electron chi connectivity index (χ0n) is 12.6. The third kappa shape index (κ3) is 2.21. The minimum Gasteiger partial charge on any atom is -0.466 e. The lowest BCUT2D eigenvalue weighted by molar-refractivity contribution is -0.198. The summed E-state index contributed by atoms with van der Waals surface area (Å²) in [5.41, 5.74) is 0.587. The predicted octanol–water partition coefficient (Wildman–Crippen LogP) is 1.88. The first-order valence-electron chi connectivity index (χ1n) is 6.75. The van der Waals surface area contributed by atoms with E-state index in [1.807, 2.05) is 6.92 Å². The van der Waals surface area contributed by atoms with Gasteiger partial charge < -0.3 is 14.6 Å². The van der Waals surface area contributed by atoms with E-state index in [4.69, 9.17) is 9.47 Å². The fourth-order valence-corrected chi connectivity index (χ4v) is 3.25. The minimum atomic E-state index is -1.61. The van der Waals surface area contributed by atoms with Gasteiger partial charge in [-0.05, 0) is 18.8 Å². The normalized spacial score (nSPS) is 35.0. The Bertz CT molecular complexity index is 573. The molecule has 1 saturated carbocycles. The van der Waals surface area contributed by atoms with Crippen molar-refractivity contribution in [1.29, 1.82) is 0 Å². The molecule has 0 spiro atoms. The summed E-state index contributed by atoms with van der Waals surface area (Å²) in [6, 6.07) is 0. The second-order valence-electron chi connectivity index (χ2n) is 5.94. The SMILES string of the molecule is C=C[C@]1(C)C[C@]2(O)OC(=O)C(C)=C2C[C@@H]1C(=C)C(=O)OC. The minimum absolute atomic E-state index is 0.141. The molecule has 5 nitrogen and oxygen atoms in total. The Balaban J connectivity index is 2.47. The van der Waals surface area contributed by atoms with Crippen molar-refractivity contribution in [3.05, 3.63) is 36.0 Å². The van der Waals surface area contributed by atoms with Crippen molar-refractivity contribution in [3.63, 3.8) is 0 Å². The zero-order valence-corrected chi connectivity index (χ0v) is 12.6. The molecule has 0 aromatic carbocycles. The Kier molecular flexibility index (Phi) is 3.58. The molecule has 5 heteroatoms. The highest BCUT2D eigenvalue weighted by Gasteiger charge is 2.56. The largest absolute Gasteiger partial charge is 0.466 e. The van der Waals surface area contributed by atoms with Crippen LogP contribution >= 0.6 is 0 Å². The Morgan fingerprint density at radius 3 is 2.71 bits per heavy atom. The highest BCUT2D eigenvalue weighted by molar-refractivity contribution is 5.93. The van der Waals surface area contributed by atoms with Gasteiger partial charge in [0.1, 0.15) is 0 Å². The van der Waals surface area contributed by atoms with E-state index in [1.54, 1.807) is 13.0 Å². The molecule has 1 N–H and O–H groups in total. The van der Waals surface area contributed by atoms with E-state index in [0.29, 0.717) is 23.1 Å². The molecule has 21 heavy (non-hydrogen) atoms. The zero-order chi connectivity index (χ0) is 16.0. The van der Waals surface area contributed by atoms with Crippen LogP contribution in [-0.4, -0.2) is 29.9 Å². The van der Waals surface area contributed by atoms with E-state index < -0.39 is 23.1 Å². The monoisotopic (exact) mass is 292 g/mol. The Morgan fingerprint density at radius 2 is 2.19 bits per heavy atom. The maximum absolute atomic E-state index is 11.8. The van der Waals surface area contributed by atoms with E-state index in [0.717, 1.165) is 0 Å².